The van der Waals surface area contributed by atoms with Crippen LogP contribution in [0, 0.1) is 0 Å². The van der Waals surface area contributed by atoms with Gasteiger partial charge in [-0.15, -0.1) is 0 Å². The van der Waals surface area contributed by atoms with E-state index < -0.39 is 0 Å². The molecule has 1 saturated heterocycles. The third-order valence-electron chi connectivity index (χ3n) is 6.53. The molecule has 1 atom stereocenters. The van der Waals surface area contributed by atoms with E-state index in [0.29, 0.717) is 6.54 Å². The van der Waals surface area contributed by atoms with E-state index in [-0.39, 0.29) is 22.9 Å². The van der Waals surface area contributed by atoms with Crippen molar-refractivity contribution in [3.63, 3.8) is 0 Å². The van der Waals surface area contributed by atoms with Crippen molar-refractivity contribution in [3.05, 3.63) is 63.6 Å². The molecule has 0 radical (unpaired) electrons. The first-order valence-electron chi connectivity index (χ1n) is 10.1. The summed E-state index contributed by atoms with van der Waals surface area (Å²) in [7, 11) is 0. The predicted octanol–water partition coefficient (Wildman–Crippen LogP) is 2.45. The van der Waals surface area contributed by atoms with Gasteiger partial charge in [-0.25, -0.2) is 4.68 Å². The molecular weight excluding hydrogens is 338 g/mol. The molecule has 0 N–H and O–H groups in total. The van der Waals surface area contributed by atoms with E-state index in [2.05, 4.69) is 17.2 Å². The Hall–Kier alpha value is -2.43. The first kappa shape index (κ1) is 16.7. The van der Waals surface area contributed by atoms with Gasteiger partial charge in [0, 0.05) is 12.6 Å². The average molecular weight is 363 g/mol. The van der Waals surface area contributed by atoms with Crippen molar-refractivity contribution in [2.24, 2.45) is 0 Å². The lowest BCUT2D eigenvalue weighted by Gasteiger charge is -2.29. The Kier molecular flexibility index (Phi) is 3.92. The monoisotopic (exact) mass is 363 g/mol. The molecule has 1 aliphatic heterocycles. The second-order valence-corrected chi connectivity index (χ2v) is 8.23. The molecule has 5 nitrogen and oxygen atoms in total. The van der Waals surface area contributed by atoms with E-state index >= 15 is 0 Å². The summed E-state index contributed by atoms with van der Waals surface area (Å²) in [6.45, 7) is 1.31. The van der Waals surface area contributed by atoms with Gasteiger partial charge >= 0.3 is 0 Å². The molecule has 1 aromatic carbocycles. The summed E-state index contributed by atoms with van der Waals surface area (Å²) in [5.74, 6) is 0.241. The second-order valence-electron chi connectivity index (χ2n) is 8.23. The highest BCUT2D eigenvalue weighted by molar-refractivity contribution is 5.91. The van der Waals surface area contributed by atoms with Crippen LogP contribution >= 0.6 is 0 Å². The number of fused-ring (bicyclic) bond motifs is 1. The standard InChI is InChI=1S/C22H25N3O2/c26-20-14-16-6-4-10-19(16)23-25(20)15-18-9-5-13-24(18)21(27)22(11-12-22)17-7-2-1-3-8-17/h1-3,7-8,14,18H,4-6,9-13,15H2. The van der Waals surface area contributed by atoms with E-state index in [0.717, 1.165) is 68.3 Å². The third-order valence-corrected chi connectivity index (χ3v) is 6.53. The lowest BCUT2D eigenvalue weighted by Crippen LogP contribution is -2.45. The van der Waals surface area contributed by atoms with Gasteiger partial charge in [0.25, 0.3) is 5.56 Å². The van der Waals surface area contributed by atoms with Crippen LogP contribution in [0.2, 0.25) is 0 Å². The summed E-state index contributed by atoms with van der Waals surface area (Å²) in [5, 5.41) is 4.61. The van der Waals surface area contributed by atoms with Crippen molar-refractivity contribution in [2.45, 2.75) is 62.9 Å². The zero-order valence-electron chi connectivity index (χ0n) is 15.6. The van der Waals surface area contributed by atoms with Crippen LogP contribution in [0.1, 0.15) is 48.9 Å². The van der Waals surface area contributed by atoms with Crippen molar-refractivity contribution in [2.75, 3.05) is 6.54 Å². The van der Waals surface area contributed by atoms with Crippen LogP contribution in [-0.4, -0.2) is 33.2 Å². The quantitative estimate of drug-likeness (QED) is 0.838. The van der Waals surface area contributed by atoms with Gasteiger partial charge in [-0.1, -0.05) is 30.3 Å². The number of nitrogens with zero attached hydrogens (tertiary/aromatic N) is 3. The summed E-state index contributed by atoms with van der Waals surface area (Å²) >= 11 is 0. The molecule has 1 unspecified atom stereocenters. The smallest absolute Gasteiger partial charge is 0.267 e. The van der Waals surface area contributed by atoms with E-state index in [1.165, 1.54) is 0 Å². The molecule has 140 valence electrons. The molecule has 2 aliphatic carbocycles. The van der Waals surface area contributed by atoms with Crippen LogP contribution < -0.4 is 5.56 Å². The van der Waals surface area contributed by atoms with Crippen molar-refractivity contribution >= 4 is 5.91 Å². The number of hydrogen-bond donors (Lipinski definition) is 0. The Bertz CT molecular complexity index is 930. The van der Waals surface area contributed by atoms with E-state index in [9.17, 15) is 9.59 Å². The Morgan fingerprint density at radius 3 is 2.74 bits per heavy atom. The van der Waals surface area contributed by atoms with Gasteiger partial charge in [0.15, 0.2) is 0 Å². The Morgan fingerprint density at radius 2 is 1.96 bits per heavy atom. The summed E-state index contributed by atoms with van der Waals surface area (Å²) in [4.78, 5) is 27.9. The Morgan fingerprint density at radius 1 is 1.15 bits per heavy atom. The Labute approximate surface area is 159 Å². The first-order valence-corrected chi connectivity index (χ1v) is 10.1. The predicted molar refractivity (Wildman–Crippen MR) is 103 cm³/mol. The zero-order valence-corrected chi connectivity index (χ0v) is 15.6. The number of hydrogen-bond acceptors (Lipinski definition) is 3. The van der Waals surface area contributed by atoms with Gasteiger partial charge in [0.2, 0.25) is 5.91 Å². The molecule has 0 spiro atoms. The minimum atomic E-state index is -0.333. The second kappa shape index (κ2) is 6.32. The minimum absolute atomic E-state index is 0.0286. The van der Waals surface area contributed by atoms with Crippen molar-refractivity contribution in [1.29, 1.82) is 0 Å². The fourth-order valence-electron chi connectivity index (χ4n) is 4.85. The molecular formula is C22H25N3O2. The Balaban J connectivity index is 1.39. The average Bonchev–Trinajstić information content (AvgIpc) is 3.17. The molecule has 1 aromatic heterocycles. The highest BCUT2D eigenvalue weighted by atomic mass is 16.2. The SMILES string of the molecule is O=C(N1CCCC1Cn1nc2c(cc1=O)CCC2)C1(c2ccccc2)CC1. The van der Waals surface area contributed by atoms with Gasteiger partial charge in [-0.05, 0) is 56.1 Å². The largest absolute Gasteiger partial charge is 0.337 e. The summed E-state index contributed by atoms with van der Waals surface area (Å²) in [5.41, 5.74) is 2.94. The maximum absolute atomic E-state index is 13.4. The number of carbonyl (C=O) groups excluding carboxylic acids is 1. The van der Waals surface area contributed by atoms with E-state index in [1.54, 1.807) is 10.7 Å². The molecule has 5 heteroatoms. The number of benzene rings is 1. The van der Waals surface area contributed by atoms with Gasteiger partial charge in [0.05, 0.1) is 23.7 Å². The van der Waals surface area contributed by atoms with E-state index in [1.807, 2.05) is 23.1 Å². The summed E-state index contributed by atoms with van der Waals surface area (Å²) in [6.07, 6.45) is 6.81. The van der Waals surface area contributed by atoms with Crippen LogP contribution in [-0.2, 0) is 29.6 Å². The third kappa shape index (κ3) is 2.80. The van der Waals surface area contributed by atoms with Gasteiger partial charge in [-0.3, -0.25) is 9.59 Å². The van der Waals surface area contributed by atoms with Gasteiger partial charge in [0.1, 0.15) is 0 Å². The molecule has 0 bridgehead atoms. The van der Waals surface area contributed by atoms with E-state index in [4.69, 9.17) is 0 Å². The maximum Gasteiger partial charge on any atom is 0.267 e. The molecule has 1 saturated carbocycles. The highest BCUT2D eigenvalue weighted by Gasteiger charge is 2.54. The van der Waals surface area contributed by atoms with Crippen LogP contribution in [0.3, 0.4) is 0 Å². The molecule has 2 aromatic rings. The molecule has 3 aliphatic rings. The molecule has 1 amide bonds. The highest BCUT2D eigenvalue weighted by Crippen LogP contribution is 2.50. The number of carbonyl (C=O) groups is 1. The summed E-state index contributed by atoms with van der Waals surface area (Å²) < 4.78 is 1.60. The zero-order chi connectivity index (χ0) is 18.4. The van der Waals surface area contributed by atoms with Crippen LogP contribution in [0.15, 0.2) is 41.2 Å². The number of amides is 1. The topological polar surface area (TPSA) is 55.2 Å². The van der Waals surface area contributed by atoms with Crippen LogP contribution in [0.5, 0.6) is 0 Å². The maximum atomic E-state index is 13.4. The minimum Gasteiger partial charge on any atom is -0.337 e. The fourth-order valence-corrected chi connectivity index (χ4v) is 4.85. The fraction of sp³-hybridized carbons (Fsp3) is 0.500. The molecule has 5 rings (SSSR count). The lowest BCUT2D eigenvalue weighted by atomic mass is 9.94. The number of aryl methyl sites for hydroxylation is 2. The first-order chi connectivity index (χ1) is 13.2. The number of aromatic nitrogens is 2. The van der Waals surface area contributed by atoms with Crippen molar-refractivity contribution in [3.8, 4) is 0 Å². The van der Waals surface area contributed by atoms with Crippen LogP contribution in [0.25, 0.3) is 0 Å². The molecule has 27 heavy (non-hydrogen) atoms. The van der Waals surface area contributed by atoms with Crippen LogP contribution in [0.4, 0.5) is 0 Å². The lowest BCUT2D eigenvalue weighted by molar-refractivity contribution is -0.135. The molecule has 2 fully saturated rings. The number of likely N-dealkylation sites (tertiary alicyclic amines) is 1. The molecule has 2 heterocycles. The van der Waals surface area contributed by atoms with Gasteiger partial charge < -0.3 is 4.90 Å². The van der Waals surface area contributed by atoms with Crippen molar-refractivity contribution in [1.82, 2.24) is 14.7 Å². The van der Waals surface area contributed by atoms with Gasteiger partial charge in [-0.2, -0.15) is 5.10 Å². The van der Waals surface area contributed by atoms with Crippen molar-refractivity contribution < 1.29 is 4.79 Å². The summed E-state index contributed by atoms with van der Waals surface area (Å²) in [6, 6.07) is 12.0. The normalized spacial score (nSPS) is 22.7. The number of rotatable bonds is 4.